The minimum absolute atomic E-state index is 0.0442. The molecule has 3 heteroatoms. The summed E-state index contributed by atoms with van der Waals surface area (Å²) in [6.07, 6.45) is 0. The van der Waals surface area contributed by atoms with E-state index in [9.17, 15) is 4.79 Å². The van der Waals surface area contributed by atoms with Gasteiger partial charge < -0.3 is 5.73 Å². The van der Waals surface area contributed by atoms with Gasteiger partial charge in [0.2, 0.25) is 5.69 Å². The van der Waals surface area contributed by atoms with E-state index in [2.05, 4.69) is 0 Å². The number of rotatable bonds is 1. The Morgan fingerprint density at radius 2 is 1.72 bits per heavy atom. The highest BCUT2D eigenvalue weighted by Crippen LogP contribution is 2.14. The van der Waals surface area contributed by atoms with Gasteiger partial charge in [-0.05, 0) is 24.6 Å². The number of carbonyl (C=O) groups excluding carboxylic acids is 1. The summed E-state index contributed by atoms with van der Waals surface area (Å²) in [6, 6.07) is 11.2. The normalized spacial score (nSPS) is 10.4. The van der Waals surface area contributed by atoms with Crippen LogP contribution in [0.5, 0.6) is 0 Å². The summed E-state index contributed by atoms with van der Waals surface area (Å²) in [6.45, 7) is 5.74. The topological polar surface area (TPSA) is 47.0 Å². The number of nitrogens with two attached hydrogens (primary N) is 1. The SMILES string of the molecule is Cc1cc(C)[n+](C(=O)c2ccccc2)c(C)c1N. The summed E-state index contributed by atoms with van der Waals surface area (Å²) >= 11 is 0. The number of hydrogen-bond donors (Lipinski definition) is 1. The maximum Gasteiger partial charge on any atom is 0.425 e. The van der Waals surface area contributed by atoms with E-state index in [1.165, 1.54) is 0 Å². The summed E-state index contributed by atoms with van der Waals surface area (Å²) in [5, 5.41) is 0. The highest BCUT2D eigenvalue weighted by atomic mass is 16.2. The molecule has 0 saturated carbocycles. The maximum absolute atomic E-state index is 12.5. The van der Waals surface area contributed by atoms with Crippen LogP contribution in [0.25, 0.3) is 0 Å². The first-order valence-corrected chi connectivity index (χ1v) is 5.90. The summed E-state index contributed by atoms with van der Waals surface area (Å²) < 4.78 is 1.66. The lowest BCUT2D eigenvalue weighted by atomic mass is 10.1. The molecule has 0 aliphatic rings. The molecule has 0 aliphatic heterocycles. The van der Waals surface area contributed by atoms with E-state index >= 15 is 0 Å². The number of carbonyl (C=O) groups is 1. The second kappa shape index (κ2) is 4.61. The van der Waals surface area contributed by atoms with Crippen LogP contribution in [0.1, 0.15) is 27.3 Å². The van der Waals surface area contributed by atoms with Crippen LogP contribution >= 0.6 is 0 Å². The molecule has 2 rings (SSSR count). The van der Waals surface area contributed by atoms with Gasteiger partial charge in [-0.2, -0.15) is 0 Å². The second-order valence-electron chi connectivity index (χ2n) is 4.47. The summed E-state index contributed by atoms with van der Waals surface area (Å²) in [5.74, 6) is -0.0442. The van der Waals surface area contributed by atoms with Crippen molar-refractivity contribution in [3.8, 4) is 0 Å². The third-order valence-electron chi connectivity index (χ3n) is 3.15. The number of nitrogen functional groups attached to an aromatic ring is 1. The fourth-order valence-electron chi connectivity index (χ4n) is 2.15. The van der Waals surface area contributed by atoms with Crippen molar-refractivity contribution in [1.29, 1.82) is 0 Å². The molecule has 0 unspecified atom stereocenters. The monoisotopic (exact) mass is 241 g/mol. The van der Waals surface area contributed by atoms with Gasteiger partial charge in [-0.15, -0.1) is 4.57 Å². The average Bonchev–Trinajstić information content (AvgIpc) is 2.37. The Labute approximate surface area is 107 Å². The van der Waals surface area contributed by atoms with Crippen LogP contribution in [0, 0.1) is 20.8 Å². The molecule has 0 radical (unpaired) electrons. The first-order chi connectivity index (χ1) is 8.52. The Bertz CT molecular complexity index is 604. The largest absolute Gasteiger partial charge is 0.425 e. The molecule has 2 aromatic rings. The molecule has 1 aromatic carbocycles. The number of benzene rings is 1. The van der Waals surface area contributed by atoms with Crippen molar-refractivity contribution >= 4 is 11.6 Å². The Morgan fingerprint density at radius 1 is 1.11 bits per heavy atom. The van der Waals surface area contributed by atoms with Crippen molar-refractivity contribution in [2.24, 2.45) is 0 Å². The smallest absolute Gasteiger partial charge is 0.393 e. The predicted molar refractivity (Wildman–Crippen MR) is 71.4 cm³/mol. The van der Waals surface area contributed by atoms with Gasteiger partial charge in [-0.1, -0.05) is 18.2 Å². The molecule has 0 atom stereocenters. The Balaban J connectivity index is 2.59. The second-order valence-corrected chi connectivity index (χ2v) is 4.47. The van der Waals surface area contributed by atoms with Gasteiger partial charge in [0.1, 0.15) is 5.69 Å². The van der Waals surface area contributed by atoms with Crippen molar-refractivity contribution in [3.63, 3.8) is 0 Å². The molecule has 0 bridgehead atoms. The number of hydrogen-bond acceptors (Lipinski definition) is 2. The Kier molecular flexibility index (Phi) is 3.15. The summed E-state index contributed by atoms with van der Waals surface area (Å²) in [4.78, 5) is 12.5. The van der Waals surface area contributed by atoms with Crippen molar-refractivity contribution in [2.75, 3.05) is 5.73 Å². The Morgan fingerprint density at radius 3 is 2.33 bits per heavy atom. The molecule has 92 valence electrons. The average molecular weight is 241 g/mol. The van der Waals surface area contributed by atoms with Gasteiger partial charge >= 0.3 is 5.91 Å². The standard InChI is InChI=1S/C15H17N2O/c1-10-9-11(2)17(12(3)14(10)16)15(18)13-7-5-4-6-8-13/h4-9H,16H2,1-3H3/q+1. The van der Waals surface area contributed by atoms with Crippen LogP contribution in [0.3, 0.4) is 0 Å². The molecule has 1 heterocycles. The van der Waals surface area contributed by atoms with E-state index in [1.807, 2.05) is 57.2 Å². The quantitative estimate of drug-likeness (QED) is 0.778. The van der Waals surface area contributed by atoms with E-state index < -0.39 is 0 Å². The van der Waals surface area contributed by atoms with E-state index in [1.54, 1.807) is 4.57 Å². The first-order valence-electron chi connectivity index (χ1n) is 5.90. The van der Waals surface area contributed by atoms with Crippen LogP contribution in [-0.4, -0.2) is 5.91 Å². The molecule has 0 amide bonds. The molecule has 3 nitrogen and oxygen atoms in total. The lowest BCUT2D eigenvalue weighted by Crippen LogP contribution is -2.48. The lowest BCUT2D eigenvalue weighted by molar-refractivity contribution is -0.583. The van der Waals surface area contributed by atoms with E-state index in [4.69, 9.17) is 5.73 Å². The van der Waals surface area contributed by atoms with Crippen molar-refractivity contribution in [3.05, 3.63) is 58.9 Å². The fraction of sp³-hybridized carbons (Fsp3) is 0.200. The van der Waals surface area contributed by atoms with E-state index in [0.29, 0.717) is 11.3 Å². The van der Waals surface area contributed by atoms with Gasteiger partial charge in [0, 0.05) is 19.9 Å². The molecule has 0 fully saturated rings. The van der Waals surface area contributed by atoms with Gasteiger partial charge in [-0.3, -0.25) is 0 Å². The number of pyridine rings is 1. The predicted octanol–water partition coefficient (Wildman–Crippen LogP) is 2.17. The zero-order valence-corrected chi connectivity index (χ0v) is 10.9. The van der Waals surface area contributed by atoms with Crippen LogP contribution < -0.4 is 10.3 Å². The van der Waals surface area contributed by atoms with Crippen LogP contribution in [0.4, 0.5) is 5.69 Å². The molecule has 0 saturated heterocycles. The maximum atomic E-state index is 12.5. The molecular weight excluding hydrogens is 224 g/mol. The minimum atomic E-state index is -0.0442. The van der Waals surface area contributed by atoms with Crippen molar-refractivity contribution in [1.82, 2.24) is 0 Å². The van der Waals surface area contributed by atoms with Crippen molar-refractivity contribution in [2.45, 2.75) is 20.8 Å². The molecule has 0 spiro atoms. The number of anilines is 1. The summed E-state index contributed by atoms with van der Waals surface area (Å²) in [7, 11) is 0. The number of aromatic nitrogens is 1. The number of nitrogens with zero attached hydrogens (tertiary/aromatic N) is 1. The van der Waals surface area contributed by atoms with Crippen molar-refractivity contribution < 1.29 is 9.36 Å². The highest BCUT2D eigenvalue weighted by Gasteiger charge is 2.25. The molecular formula is C15H17N2O+. The van der Waals surface area contributed by atoms with Crippen LogP contribution in [0.2, 0.25) is 0 Å². The molecule has 18 heavy (non-hydrogen) atoms. The fourth-order valence-corrected chi connectivity index (χ4v) is 2.15. The van der Waals surface area contributed by atoms with Crippen LogP contribution in [0.15, 0.2) is 36.4 Å². The molecule has 1 aromatic heterocycles. The minimum Gasteiger partial charge on any atom is -0.393 e. The third kappa shape index (κ3) is 1.99. The number of aryl methyl sites for hydroxylation is 2. The molecule has 2 N–H and O–H groups in total. The molecule has 0 aliphatic carbocycles. The van der Waals surface area contributed by atoms with Gasteiger partial charge in [0.05, 0.1) is 5.56 Å². The zero-order chi connectivity index (χ0) is 13.3. The van der Waals surface area contributed by atoms with Gasteiger partial charge in [0.15, 0.2) is 5.69 Å². The first kappa shape index (κ1) is 12.3. The zero-order valence-electron chi connectivity index (χ0n) is 10.9. The third-order valence-corrected chi connectivity index (χ3v) is 3.15. The van der Waals surface area contributed by atoms with Gasteiger partial charge in [0.25, 0.3) is 0 Å². The van der Waals surface area contributed by atoms with Gasteiger partial charge in [-0.25, -0.2) is 4.79 Å². The Hall–Kier alpha value is -2.16. The highest BCUT2D eigenvalue weighted by molar-refractivity contribution is 5.87. The summed E-state index contributed by atoms with van der Waals surface area (Å²) in [5.41, 5.74) is 10.0. The van der Waals surface area contributed by atoms with Crippen LogP contribution in [-0.2, 0) is 0 Å². The lowest BCUT2D eigenvalue weighted by Gasteiger charge is -2.07. The van der Waals surface area contributed by atoms with E-state index in [0.717, 1.165) is 17.0 Å². The van der Waals surface area contributed by atoms with E-state index in [-0.39, 0.29) is 5.91 Å².